The Morgan fingerprint density at radius 1 is 0.745 bits per heavy atom. The lowest BCUT2D eigenvalue weighted by atomic mass is 9.98. The monoisotopic (exact) mass is 642 g/mol. The van der Waals surface area contributed by atoms with Gasteiger partial charge in [0.05, 0.1) is 32.2 Å². The molecule has 0 saturated heterocycles. The molecule has 242 valence electrons. The number of nitro benzene ring substituents is 2. The van der Waals surface area contributed by atoms with Gasteiger partial charge in [-0.3, -0.25) is 35.3 Å². The van der Waals surface area contributed by atoms with Crippen molar-refractivity contribution >= 4 is 40.6 Å². The third kappa shape index (κ3) is 7.75. The fourth-order valence-corrected chi connectivity index (χ4v) is 5.13. The predicted octanol–water partition coefficient (Wildman–Crippen LogP) is 6.41. The van der Waals surface area contributed by atoms with Crippen LogP contribution >= 0.6 is 0 Å². The van der Waals surface area contributed by atoms with Gasteiger partial charge in [-0.1, -0.05) is 50.2 Å². The van der Waals surface area contributed by atoms with Crippen LogP contribution in [-0.2, 0) is 30.7 Å². The van der Waals surface area contributed by atoms with Crippen molar-refractivity contribution in [2.45, 2.75) is 39.7 Å². The lowest BCUT2D eigenvalue weighted by Crippen LogP contribution is -2.19. The molecule has 14 heteroatoms. The summed E-state index contributed by atoms with van der Waals surface area (Å²) >= 11 is 0. The van der Waals surface area contributed by atoms with Crippen LogP contribution < -0.4 is 10.8 Å². The molecule has 0 aliphatic heterocycles. The largest absolute Gasteiger partial charge is 0.478 e. The molecule has 4 rings (SSSR count). The van der Waals surface area contributed by atoms with Crippen LogP contribution in [0.2, 0.25) is 0 Å². The molecule has 0 fully saturated rings. The van der Waals surface area contributed by atoms with Crippen LogP contribution in [0.5, 0.6) is 0 Å². The summed E-state index contributed by atoms with van der Waals surface area (Å²) in [7, 11) is 0. The molecule has 0 atom stereocenters. The highest BCUT2D eigenvalue weighted by Crippen LogP contribution is 2.28. The van der Waals surface area contributed by atoms with Crippen molar-refractivity contribution in [2.75, 3.05) is 10.8 Å². The van der Waals surface area contributed by atoms with Gasteiger partial charge < -0.3 is 15.5 Å². The lowest BCUT2D eigenvalue weighted by molar-refractivity contribution is -0.386. The molecule has 0 radical (unpaired) electrons. The predicted molar refractivity (Wildman–Crippen MR) is 171 cm³/mol. The van der Waals surface area contributed by atoms with Crippen LogP contribution in [-0.4, -0.2) is 37.9 Å². The van der Waals surface area contributed by atoms with E-state index in [2.05, 4.69) is 10.8 Å². The van der Waals surface area contributed by atoms with Gasteiger partial charge in [0.25, 0.3) is 17.3 Å². The normalized spacial score (nSPS) is 10.7. The van der Waals surface area contributed by atoms with Crippen molar-refractivity contribution in [1.82, 2.24) is 0 Å². The van der Waals surface area contributed by atoms with Crippen molar-refractivity contribution in [3.05, 3.63) is 138 Å². The van der Waals surface area contributed by atoms with Crippen molar-refractivity contribution in [1.29, 1.82) is 0 Å². The highest BCUT2D eigenvalue weighted by atomic mass is 16.6. The Morgan fingerprint density at radius 3 is 1.83 bits per heavy atom. The zero-order valence-electron chi connectivity index (χ0n) is 25.3. The number of aryl methyl sites for hydroxylation is 2. The Bertz CT molecular complexity index is 1830. The van der Waals surface area contributed by atoms with E-state index in [9.17, 15) is 44.8 Å². The number of amides is 1. The molecule has 4 N–H and O–H groups in total. The van der Waals surface area contributed by atoms with E-state index in [-0.39, 0.29) is 23.4 Å². The number of anilines is 2. The summed E-state index contributed by atoms with van der Waals surface area (Å²) in [6.07, 6.45) is 1.64. The van der Waals surface area contributed by atoms with Gasteiger partial charge >= 0.3 is 11.9 Å². The second kappa shape index (κ2) is 14.8. The van der Waals surface area contributed by atoms with E-state index < -0.39 is 44.5 Å². The molecular formula is C33H30N4O10. The molecule has 0 unspecified atom stereocenters. The molecule has 47 heavy (non-hydrogen) atoms. The number of hydrogen-bond donors (Lipinski definition) is 4. The van der Waals surface area contributed by atoms with Crippen molar-refractivity contribution in [3.8, 4) is 0 Å². The van der Waals surface area contributed by atoms with Crippen LogP contribution in [0.25, 0.3) is 0 Å². The molecule has 0 saturated carbocycles. The minimum absolute atomic E-state index is 0.0668. The number of carboxylic acid groups (broad SMARTS) is 2. The number of benzene rings is 4. The number of carbonyl (C=O) groups excluding carboxylic acids is 1. The van der Waals surface area contributed by atoms with Crippen LogP contribution in [0, 0.1) is 20.2 Å². The van der Waals surface area contributed by atoms with Gasteiger partial charge in [0.2, 0.25) is 0 Å². The Balaban J connectivity index is 1.50. The van der Waals surface area contributed by atoms with E-state index >= 15 is 0 Å². The quantitative estimate of drug-likeness (QED) is 0.0871. The SMILES string of the molecule is CCc1cc(Cc2ccc(NC(=O)c3c(C(=O)O)cccc3[N+](=O)[O-])c(CC)c2)ccc1NOCc1c(C(=O)O)cccc1[N+](=O)[O-]. The van der Waals surface area contributed by atoms with Gasteiger partial charge in [-0.05, 0) is 65.8 Å². The maximum absolute atomic E-state index is 13.1. The Morgan fingerprint density at radius 2 is 1.28 bits per heavy atom. The summed E-state index contributed by atoms with van der Waals surface area (Å²) in [6.45, 7) is 3.46. The summed E-state index contributed by atoms with van der Waals surface area (Å²) in [5.41, 5.74) is 4.98. The Kier molecular flexibility index (Phi) is 10.6. The number of aromatic carboxylic acids is 2. The maximum Gasteiger partial charge on any atom is 0.336 e. The number of carbonyl (C=O) groups is 3. The molecule has 0 heterocycles. The van der Waals surface area contributed by atoms with Crippen LogP contribution in [0.4, 0.5) is 22.7 Å². The highest BCUT2D eigenvalue weighted by Gasteiger charge is 2.28. The first kappa shape index (κ1) is 33.7. The molecular weight excluding hydrogens is 612 g/mol. The average Bonchev–Trinajstić information content (AvgIpc) is 3.05. The van der Waals surface area contributed by atoms with Gasteiger partial charge in [-0.15, -0.1) is 0 Å². The van der Waals surface area contributed by atoms with E-state index in [1.165, 1.54) is 24.3 Å². The molecule has 4 aromatic carbocycles. The molecule has 0 spiro atoms. The number of nitrogens with one attached hydrogen (secondary N) is 2. The first-order valence-electron chi connectivity index (χ1n) is 14.4. The topological polar surface area (TPSA) is 211 Å². The van der Waals surface area contributed by atoms with Crippen molar-refractivity contribution in [3.63, 3.8) is 0 Å². The van der Waals surface area contributed by atoms with Crippen LogP contribution in [0.3, 0.4) is 0 Å². The first-order valence-corrected chi connectivity index (χ1v) is 14.4. The summed E-state index contributed by atoms with van der Waals surface area (Å²) in [6, 6.07) is 18.2. The summed E-state index contributed by atoms with van der Waals surface area (Å²) in [5, 5.41) is 44.5. The van der Waals surface area contributed by atoms with Gasteiger partial charge in [0.15, 0.2) is 0 Å². The Hall–Kier alpha value is -6.15. The third-order valence-electron chi connectivity index (χ3n) is 7.43. The Labute approximate surface area is 267 Å². The van der Waals surface area contributed by atoms with Gasteiger partial charge in [0.1, 0.15) is 12.2 Å². The fraction of sp³-hybridized carbons (Fsp3) is 0.182. The standard InChI is InChI=1S/C33H30N4O10/c1-3-21-16-19(11-13-26(21)34-31(38)30-24(33(41)42)8-6-10-29(30)37(45)46)15-20-12-14-27(22(4-2)17-20)35-47-18-25-23(32(39)40)7-5-9-28(25)36(43)44/h5-14,16-17,35H,3-4,15,18H2,1-2H3,(H,34,38)(H,39,40)(H,41,42). The fourth-order valence-electron chi connectivity index (χ4n) is 5.13. The summed E-state index contributed by atoms with van der Waals surface area (Å²) in [5.74, 6) is -3.67. The number of nitro groups is 2. The number of carboxylic acids is 2. The number of hydrogen-bond acceptors (Lipinski definition) is 9. The van der Waals surface area contributed by atoms with Crippen LogP contribution in [0.1, 0.15) is 72.7 Å². The average molecular weight is 643 g/mol. The second-order valence-electron chi connectivity index (χ2n) is 10.3. The van der Waals surface area contributed by atoms with Gasteiger partial charge in [-0.25, -0.2) is 9.59 Å². The van der Waals surface area contributed by atoms with Gasteiger partial charge in [-0.2, -0.15) is 0 Å². The zero-order valence-corrected chi connectivity index (χ0v) is 25.3. The molecule has 1 amide bonds. The smallest absolute Gasteiger partial charge is 0.336 e. The van der Waals surface area contributed by atoms with E-state index in [1.54, 1.807) is 18.2 Å². The number of rotatable bonds is 14. The summed E-state index contributed by atoms with van der Waals surface area (Å²) in [4.78, 5) is 63.4. The minimum Gasteiger partial charge on any atom is -0.478 e. The van der Waals surface area contributed by atoms with Crippen LogP contribution in [0.15, 0.2) is 72.8 Å². The van der Waals surface area contributed by atoms with E-state index in [4.69, 9.17) is 4.84 Å². The highest BCUT2D eigenvalue weighted by molar-refractivity contribution is 6.13. The number of nitrogens with zero attached hydrogens (tertiary/aromatic N) is 2. The minimum atomic E-state index is -1.46. The molecule has 0 aromatic heterocycles. The first-order chi connectivity index (χ1) is 22.4. The zero-order chi connectivity index (χ0) is 34.2. The van der Waals surface area contributed by atoms with E-state index in [0.29, 0.717) is 30.6 Å². The molecule has 14 nitrogen and oxygen atoms in total. The second-order valence-corrected chi connectivity index (χ2v) is 10.3. The van der Waals surface area contributed by atoms with E-state index in [1.807, 2.05) is 32.0 Å². The maximum atomic E-state index is 13.1. The van der Waals surface area contributed by atoms with Crippen molar-refractivity contribution in [2.24, 2.45) is 0 Å². The summed E-state index contributed by atoms with van der Waals surface area (Å²) < 4.78 is 0. The molecule has 0 aliphatic rings. The molecule has 0 aliphatic carbocycles. The third-order valence-corrected chi connectivity index (χ3v) is 7.43. The van der Waals surface area contributed by atoms with E-state index in [0.717, 1.165) is 34.4 Å². The van der Waals surface area contributed by atoms with Crippen molar-refractivity contribution < 1.29 is 39.3 Å². The lowest BCUT2D eigenvalue weighted by Gasteiger charge is -2.15. The van der Waals surface area contributed by atoms with Gasteiger partial charge in [0, 0.05) is 17.8 Å². The molecule has 4 aromatic rings. The molecule has 0 bridgehead atoms.